The molecule has 0 aliphatic carbocycles. The van der Waals surface area contributed by atoms with Crippen LogP contribution in [0.4, 0.5) is 5.69 Å². The Labute approximate surface area is 100.0 Å². The fraction of sp³-hybridized carbons (Fsp3) is 0. The number of aromatic amines is 1. The molecule has 1 aromatic carbocycles. The van der Waals surface area contributed by atoms with Crippen molar-refractivity contribution in [3.05, 3.63) is 28.3 Å². The molecule has 1 N–H and O–H groups in total. The van der Waals surface area contributed by atoms with Crippen LogP contribution in [0.2, 0.25) is 0 Å². The van der Waals surface area contributed by atoms with Crippen molar-refractivity contribution in [1.82, 2.24) is 9.97 Å². The van der Waals surface area contributed by atoms with E-state index in [1.807, 2.05) is 0 Å². The standard InChI is InChI=1S/C7H5N3O2S.Au/c11-10(12)4-1-2-5-6(3-4)9-7(13)8-5;/h1-3H,(H2,8,9,13);/q;+1. The zero-order valence-corrected chi connectivity index (χ0v) is 9.75. The second kappa shape index (κ2) is 4.14. The van der Waals surface area contributed by atoms with Crippen molar-refractivity contribution in [2.45, 2.75) is 5.16 Å². The Morgan fingerprint density at radius 1 is 1.50 bits per heavy atom. The summed E-state index contributed by atoms with van der Waals surface area (Å²) in [5.74, 6) is 0. The van der Waals surface area contributed by atoms with Crippen LogP contribution in [-0.2, 0) is 22.4 Å². The molecule has 0 saturated carbocycles. The van der Waals surface area contributed by atoms with Gasteiger partial charge in [-0.3, -0.25) is 10.1 Å². The zero-order valence-electron chi connectivity index (χ0n) is 6.69. The van der Waals surface area contributed by atoms with Crippen LogP contribution in [0.5, 0.6) is 0 Å². The first-order valence-electron chi connectivity index (χ1n) is 3.50. The summed E-state index contributed by atoms with van der Waals surface area (Å²) in [6.07, 6.45) is 0. The number of imidazole rings is 1. The Kier molecular flexibility index (Phi) is 3.33. The third kappa shape index (κ3) is 1.98. The van der Waals surface area contributed by atoms with E-state index in [0.717, 1.165) is 5.52 Å². The van der Waals surface area contributed by atoms with Crippen LogP contribution < -0.4 is 0 Å². The first-order chi connectivity index (χ1) is 6.16. The SMILES string of the molecule is O=[N+]([O-])c1ccc2[nH]c(S)nc2c1.[Au+]. The van der Waals surface area contributed by atoms with E-state index in [2.05, 4.69) is 22.6 Å². The van der Waals surface area contributed by atoms with Crippen molar-refractivity contribution in [2.24, 2.45) is 0 Å². The minimum Gasteiger partial charge on any atom is -0.333 e. The average Bonchev–Trinajstić information content (AvgIpc) is 2.42. The molecule has 7 heteroatoms. The third-order valence-corrected chi connectivity index (χ3v) is 1.88. The summed E-state index contributed by atoms with van der Waals surface area (Å²) >= 11 is 3.99. The summed E-state index contributed by atoms with van der Waals surface area (Å²) in [5, 5.41) is 10.9. The second-order valence-electron chi connectivity index (χ2n) is 2.52. The summed E-state index contributed by atoms with van der Waals surface area (Å²) in [4.78, 5) is 16.8. The molecule has 0 aliphatic heterocycles. The van der Waals surface area contributed by atoms with Crippen LogP contribution >= 0.6 is 12.6 Å². The Balaban J connectivity index is 0.000000980. The van der Waals surface area contributed by atoms with Gasteiger partial charge in [0.2, 0.25) is 0 Å². The number of nitrogens with one attached hydrogen (secondary N) is 1. The molecule has 0 fully saturated rings. The molecule has 5 nitrogen and oxygen atoms in total. The predicted molar refractivity (Wildman–Crippen MR) is 50.0 cm³/mol. The Morgan fingerprint density at radius 3 is 2.86 bits per heavy atom. The van der Waals surface area contributed by atoms with Gasteiger partial charge in [-0.05, 0) is 6.07 Å². The normalized spacial score (nSPS) is 9.79. The zero-order chi connectivity index (χ0) is 9.42. The number of nitro benzene ring substituents is 1. The van der Waals surface area contributed by atoms with E-state index in [4.69, 9.17) is 0 Å². The molecule has 2 aromatic rings. The monoisotopic (exact) mass is 392 g/mol. The van der Waals surface area contributed by atoms with Gasteiger partial charge < -0.3 is 4.98 Å². The second-order valence-corrected chi connectivity index (χ2v) is 2.94. The molecule has 1 heterocycles. The maximum Gasteiger partial charge on any atom is 1.00 e. The number of benzene rings is 1. The van der Waals surface area contributed by atoms with Crippen LogP contribution in [0.3, 0.4) is 0 Å². The van der Waals surface area contributed by atoms with E-state index < -0.39 is 4.92 Å². The van der Waals surface area contributed by atoms with Gasteiger partial charge in [-0.2, -0.15) is 0 Å². The van der Waals surface area contributed by atoms with E-state index in [9.17, 15) is 10.1 Å². The molecule has 0 atom stereocenters. The van der Waals surface area contributed by atoms with E-state index >= 15 is 0 Å². The summed E-state index contributed by atoms with van der Waals surface area (Å²) in [6, 6.07) is 4.44. The topological polar surface area (TPSA) is 71.8 Å². The number of H-pyrrole nitrogens is 1. The van der Waals surface area contributed by atoms with Gasteiger partial charge in [-0.1, -0.05) is 0 Å². The fourth-order valence-electron chi connectivity index (χ4n) is 1.09. The number of rotatable bonds is 1. The number of non-ortho nitro benzene ring substituents is 1. The smallest absolute Gasteiger partial charge is 0.333 e. The number of thiol groups is 1. The quantitative estimate of drug-likeness (QED) is 0.336. The van der Waals surface area contributed by atoms with Crippen LogP contribution in [-0.4, -0.2) is 14.9 Å². The van der Waals surface area contributed by atoms with Gasteiger partial charge in [0.15, 0.2) is 5.16 Å². The molecule has 2 rings (SSSR count). The molecule has 0 bridgehead atoms. The summed E-state index contributed by atoms with van der Waals surface area (Å²) < 4.78 is 0. The van der Waals surface area contributed by atoms with Crippen LogP contribution in [0.25, 0.3) is 11.0 Å². The van der Waals surface area contributed by atoms with Gasteiger partial charge in [0.1, 0.15) is 0 Å². The molecule has 0 unspecified atom stereocenters. The van der Waals surface area contributed by atoms with Crippen LogP contribution in [0, 0.1) is 10.1 Å². The number of fused-ring (bicyclic) bond motifs is 1. The third-order valence-electron chi connectivity index (χ3n) is 1.66. The van der Waals surface area contributed by atoms with Gasteiger partial charge in [-0.25, -0.2) is 4.98 Å². The van der Waals surface area contributed by atoms with Crippen LogP contribution in [0.1, 0.15) is 0 Å². The molecule has 0 radical (unpaired) electrons. The number of aromatic nitrogens is 2. The first kappa shape index (κ1) is 11.3. The number of hydrogen-bond acceptors (Lipinski definition) is 4. The van der Waals surface area contributed by atoms with Crippen LogP contribution in [0.15, 0.2) is 23.4 Å². The Morgan fingerprint density at radius 2 is 2.21 bits per heavy atom. The van der Waals surface area contributed by atoms with Gasteiger partial charge >= 0.3 is 22.4 Å². The van der Waals surface area contributed by atoms with Crippen molar-refractivity contribution in [2.75, 3.05) is 0 Å². The van der Waals surface area contributed by atoms with Gasteiger partial charge in [0, 0.05) is 12.1 Å². The minimum atomic E-state index is -0.452. The number of nitro groups is 1. The van der Waals surface area contributed by atoms with Crippen molar-refractivity contribution >= 4 is 29.3 Å². The van der Waals surface area contributed by atoms with E-state index in [0.29, 0.717) is 10.7 Å². The first-order valence-corrected chi connectivity index (χ1v) is 3.94. The average molecular weight is 392 g/mol. The summed E-state index contributed by atoms with van der Waals surface area (Å²) in [5.41, 5.74) is 1.34. The molecule has 76 valence electrons. The summed E-state index contributed by atoms with van der Waals surface area (Å²) in [7, 11) is 0. The fourth-order valence-corrected chi connectivity index (χ4v) is 1.32. The predicted octanol–water partition coefficient (Wildman–Crippen LogP) is 1.76. The minimum absolute atomic E-state index is 0. The molecular formula is C7H5AuN3O2S+. The number of hydrogen-bond donors (Lipinski definition) is 2. The molecule has 0 amide bonds. The molecule has 0 saturated heterocycles. The maximum atomic E-state index is 10.4. The molecule has 1 aromatic heterocycles. The molecule has 0 aliphatic rings. The largest absolute Gasteiger partial charge is 1.00 e. The molecule has 14 heavy (non-hydrogen) atoms. The summed E-state index contributed by atoms with van der Waals surface area (Å²) in [6.45, 7) is 0. The maximum absolute atomic E-state index is 10.4. The van der Waals surface area contributed by atoms with Gasteiger partial charge in [0.05, 0.1) is 16.0 Å². The Hall–Kier alpha value is -0.820. The number of nitrogens with zero attached hydrogens (tertiary/aromatic N) is 2. The molecule has 0 spiro atoms. The van der Waals surface area contributed by atoms with Gasteiger partial charge in [-0.15, -0.1) is 12.6 Å². The van der Waals surface area contributed by atoms with Crippen molar-refractivity contribution < 1.29 is 27.3 Å². The Bertz CT molecular complexity index is 485. The van der Waals surface area contributed by atoms with Crippen molar-refractivity contribution in [1.29, 1.82) is 0 Å². The van der Waals surface area contributed by atoms with Crippen molar-refractivity contribution in [3.8, 4) is 0 Å². The van der Waals surface area contributed by atoms with Crippen molar-refractivity contribution in [3.63, 3.8) is 0 Å². The van der Waals surface area contributed by atoms with E-state index in [-0.39, 0.29) is 28.1 Å². The van der Waals surface area contributed by atoms with Gasteiger partial charge in [0.25, 0.3) is 5.69 Å². The van der Waals surface area contributed by atoms with E-state index in [1.54, 1.807) is 6.07 Å². The molecular weight excluding hydrogens is 387 g/mol. The van der Waals surface area contributed by atoms with E-state index in [1.165, 1.54) is 12.1 Å².